The van der Waals surface area contributed by atoms with Crippen molar-refractivity contribution in [2.45, 2.75) is 6.92 Å². The summed E-state index contributed by atoms with van der Waals surface area (Å²) >= 11 is 0. The molecule has 2 aromatic carbocycles. The first-order valence-corrected chi connectivity index (χ1v) is 9.49. The summed E-state index contributed by atoms with van der Waals surface area (Å²) in [5.41, 5.74) is 1.50. The number of phenolic OH excluding ortho intramolecular Hbond substituents is 1. The van der Waals surface area contributed by atoms with Crippen LogP contribution in [-0.2, 0) is 0 Å². The van der Waals surface area contributed by atoms with Gasteiger partial charge in [-0.3, -0.25) is 4.79 Å². The van der Waals surface area contributed by atoms with Gasteiger partial charge < -0.3 is 19.6 Å². The number of methoxy groups -OCH3 is 1. The standard InChI is InChI=1S/C22H25FN2O3/c1-3-24-10-12-25(13-11-24)19-7-6-17(15-18(19)23)20(26)8-4-16-5-9-22(28-2)21(27)14-16/h4-9,14-15,27H,3,10-13H2,1-2H3/p+1/b8-4+. The van der Waals surface area contributed by atoms with Crippen molar-refractivity contribution in [3.8, 4) is 11.5 Å². The number of likely N-dealkylation sites (N-methyl/N-ethyl adjacent to an activating group) is 1. The number of nitrogens with zero attached hydrogens (tertiary/aromatic N) is 1. The molecule has 0 amide bonds. The van der Waals surface area contributed by atoms with Gasteiger partial charge in [0, 0.05) is 5.56 Å². The number of quaternary nitrogens is 1. The third-order valence-electron chi connectivity index (χ3n) is 5.17. The molecule has 3 rings (SSSR count). The van der Waals surface area contributed by atoms with E-state index in [1.165, 1.54) is 30.2 Å². The summed E-state index contributed by atoms with van der Waals surface area (Å²) in [6.07, 6.45) is 2.96. The van der Waals surface area contributed by atoms with Crippen molar-refractivity contribution in [2.24, 2.45) is 0 Å². The highest BCUT2D eigenvalue weighted by Crippen LogP contribution is 2.27. The van der Waals surface area contributed by atoms with E-state index in [9.17, 15) is 14.3 Å². The smallest absolute Gasteiger partial charge is 0.185 e. The molecular formula is C22H26FN2O3+. The number of benzene rings is 2. The number of carbonyl (C=O) groups is 1. The molecular weight excluding hydrogens is 359 g/mol. The highest BCUT2D eigenvalue weighted by Gasteiger charge is 2.21. The summed E-state index contributed by atoms with van der Waals surface area (Å²) in [7, 11) is 1.47. The van der Waals surface area contributed by atoms with Crippen LogP contribution in [0.15, 0.2) is 42.5 Å². The van der Waals surface area contributed by atoms with E-state index in [4.69, 9.17) is 4.74 Å². The lowest BCUT2D eigenvalue weighted by molar-refractivity contribution is -0.898. The molecule has 28 heavy (non-hydrogen) atoms. The van der Waals surface area contributed by atoms with Crippen LogP contribution < -0.4 is 14.5 Å². The molecule has 1 aliphatic heterocycles. The second-order valence-electron chi connectivity index (χ2n) is 6.89. The fraction of sp³-hybridized carbons (Fsp3) is 0.318. The highest BCUT2D eigenvalue weighted by molar-refractivity contribution is 6.07. The number of hydrogen-bond acceptors (Lipinski definition) is 4. The van der Waals surface area contributed by atoms with Gasteiger partial charge in [0.1, 0.15) is 5.82 Å². The van der Waals surface area contributed by atoms with Crippen LogP contribution in [0.25, 0.3) is 6.08 Å². The summed E-state index contributed by atoms with van der Waals surface area (Å²) in [6.45, 7) is 6.86. The molecule has 0 saturated carbocycles. The van der Waals surface area contributed by atoms with E-state index in [-0.39, 0.29) is 17.3 Å². The summed E-state index contributed by atoms with van der Waals surface area (Å²) in [4.78, 5) is 16.0. The summed E-state index contributed by atoms with van der Waals surface area (Å²) in [5, 5.41) is 9.80. The first-order chi connectivity index (χ1) is 13.5. The first-order valence-electron chi connectivity index (χ1n) is 9.49. The van der Waals surface area contributed by atoms with E-state index in [2.05, 4.69) is 6.92 Å². The number of phenols is 1. The number of ether oxygens (including phenoxy) is 1. The first kappa shape index (κ1) is 19.9. The van der Waals surface area contributed by atoms with Gasteiger partial charge in [-0.15, -0.1) is 0 Å². The van der Waals surface area contributed by atoms with Crippen molar-refractivity contribution in [1.82, 2.24) is 0 Å². The van der Waals surface area contributed by atoms with Crippen LogP contribution >= 0.6 is 0 Å². The van der Waals surface area contributed by atoms with E-state index in [0.29, 0.717) is 22.6 Å². The molecule has 1 saturated heterocycles. The maximum Gasteiger partial charge on any atom is 0.185 e. The molecule has 0 spiro atoms. The molecule has 0 unspecified atom stereocenters. The SMILES string of the molecule is CC[NH+]1CCN(c2ccc(C(=O)/C=C/c3ccc(OC)c(O)c3)cc2F)CC1. The predicted octanol–water partition coefficient (Wildman–Crippen LogP) is 2.16. The predicted molar refractivity (Wildman–Crippen MR) is 108 cm³/mol. The van der Waals surface area contributed by atoms with Gasteiger partial charge >= 0.3 is 0 Å². The Morgan fingerprint density at radius 3 is 2.61 bits per heavy atom. The molecule has 1 heterocycles. The zero-order chi connectivity index (χ0) is 20.1. The van der Waals surface area contributed by atoms with E-state index < -0.39 is 0 Å². The van der Waals surface area contributed by atoms with Crippen molar-refractivity contribution < 1.29 is 23.9 Å². The number of halogens is 1. The molecule has 2 N–H and O–H groups in total. The van der Waals surface area contributed by atoms with Gasteiger partial charge in [-0.25, -0.2) is 4.39 Å². The van der Waals surface area contributed by atoms with Crippen LogP contribution in [0.1, 0.15) is 22.8 Å². The van der Waals surface area contributed by atoms with Gasteiger partial charge in [-0.2, -0.15) is 0 Å². The lowest BCUT2D eigenvalue weighted by atomic mass is 10.1. The maximum atomic E-state index is 14.6. The second kappa shape index (κ2) is 8.89. The second-order valence-corrected chi connectivity index (χ2v) is 6.89. The fourth-order valence-electron chi connectivity index (χ4n) is 3.41. The Bertz CT molecular complexity index is 874. The average Bonchev–Trinajstić information content (AvgIpc) is 2.72. The molecule has 0 atom stereocenters. The Balaban J connectivity index is 1.69. The lowest BCUT2D eigenvalue weighted by Crippen LogP contribution is -3.14. The minimum atomic E-state index is -0.374. The van der Waals surface area contributed by atoms with Crippen LogP contribution in [0, 0.1) is 5.82 Å². The van der Waals surface area contributed by atoms with Gasteiger partial charge in [0.15, 0.2) is 17.3 Å². The van der Waals surface area contributed by atoms with Crippen molar-refractivity contribution in [2.75, 3.05) is 44.7 Å². The monoisotopic (exact) mass is 385 g/mol. The van der Waals surface area contributed by atoms with Crippen molar-refractivity contribution in [1.29, 1.82) is 0 Å². The molecule has 0 aromatic heterocycles. The number of ketones is 1. The Morgan fingerprint density at radius 2 is 2.00 bits per heavy atom. The normalized spacial score (nSPS) is 15.2. The van der Waals surface area contributed by atoms with Crippen LogP contribution in [0.3, 0.4) is 0 Å². The van der Waals surface area contributed by atoms with Crippen molar-refractivity contribution in [3.63, 3.8) is 0 Å². The van der Waals surface area contributed by atoms with Gasteiger partial charge in [0.05, 0.1) is 45.5 Å². The van der Waals surface area contributed by atoms with E-state index in [0.717, 1.165) is 32.7 Å². The van der Waals surface area contributed by atoms with Crippen LogP contribution in [0.5, 0.6) is 11.5 Å². The van der Waals surface area contributed by atoms with E-state index >= 15 is 0 Å². The molecule has 1 fully saturated rings. The quantitative estimate of drug-likeness (QED) is 0.591. The average molecular weight is 385 g/mol. The molecule has 1 aliphatic rings. The Kier molecular flexibility index (Phi) is 6.31. The zero-order valence-corrected chi connectivity index (χ0v) is 16.2. The number of hydrogen-bond donors (Lipinski definition) is 2. The molecule has 0 aliphatic carbocycles. The molecule has 0 bridgehead atoms. The molecule has 2 aromatic rings. The number of aromatic hydroxyl groups is 1. The highest BCUT2D eigenvalue weighted by atomic mass is 19.1. The lowest BCUT2D eigenvalue weighted by Gasteiger charge is -2.33. The van der Waals surface area contributed by atoms with Crippen LogP contribution in [-0.4, -0.2) is 50.7 Å². The minimum Gasteiger partial charge on any atom is -0.504 e. The van der Waals surface area contributed by atoms with Crippen LogP contribution in [0.4, 0.5) is 10.1 Å². The molecule has 5 nitrogen and oxygen atoms in total. The van der Waals surface area contributed by atoms with Gasteiger partial charge in [0.25, 0.3) is 0 Å². The number of allylic oxidation sites excluding steroid dienone is 1. The maximum absolute atomic E-state index is 14.6. The van der Waals surface area contributed by atoms with Crippen molar-refractivity contribution in [3.05, 3.63) is 59.4 Å². The fourth-order valence-corrected chi connectivity index (χ4v) is 3.41. The third kappa shape index (κ3) is 4.51. The molecule has 148 valence electrons. The molecule has 0 radical (unpaired) electrons. The van der Waals surface area contributed by atoms with Gasteiger partial charge in [0.2, 0.25) is 0 Å². The number of nitrogens with one attached hydrogen (secondary N) is 1. The Hall–Kier alpha value is -2.86. The Morgan fingerprint density at radius 1 is 1.25 bits per heavy atom. The summed E-state index contributed by atoms with van der Waals surface area (Å²) in [6, 6.07) is 9.50. The number of rotatable bonds is 6. The van der Waals surface area contributed by atoms with E-state index in [1.807, 2.05) is 4.90 Å². The largest absolute Gasteiger partial charge is 0.504 e. The van der Waals surface area contributed by atoms with Crippen LogP contribution in [0.2, 0.25) is 0 Å². The molecule has 6 heteroatoms. The number of carbonyl (C=O) groups excluding carboxylic acids is 1. The minimum absolute atomic E-state index is 0.00231. The van der Waals surface area contributed by atoms with E-state index in [1.54, 1.807) is 30.3 Å². The summed E-state index contributed by atoms with van der Waals surface area (Å²) in [5.74, 6) is -0.303. The zero-order valence-electron chi connectivity index (χ0n) is 16.2. The third-order valence-corrected chi connectivity index (χ3v) is 5.17. The topological polar surface area (TPSA) is 54.2 Å². The van der Waals surface area contributed by atoms with Gasteiger partial charge in [-0.1, -0.05) is 12.1 Å². The number of anilines is 1. The Labute approximate surface area is 164 Å². The van der Waals surface area contributed by atoms with Crippen molar-refractivity contribution >= 4 is 17.5 Å². The van der Waals surface area contributed by atoms with Gasteiger partial charge in [-0.05, 0) is 48.9 Å². The number of piperazine rings is 1. The summed E-state index contributed by atoms with van der Waals surface area (Å²) < 4.78 is 19.6.